The van der Waals surface area contributed by atoms with Crippen LogP contribution in [0, 0.1) is 56.7 Å². The van der Waals surface area contributed by atoms with Crippen molar-refractivity contribution in [2.45, 2.75) is 118 Å². The summed E-state index contributed by atoms with van der Waals surface area (Å²) < 4.78 is 12.6. The first kappa shape index (κ1) is 27.3. The van der Waals surface area contributed by atoms with Crippen molar-refractivity contribution in [3.8, 4) is 0 Å². The molecule has 6 rings (SSSR count). The monoisotopic (exact) mass is 522 g/mol. The minimum absolute atomic E-state index is 0.00333. The lowest BCUT2D eigenvalue weighted by molar-refractivity contribution is -0.235. The number of carbonyl (C=O) groups is 1. The van der Waals surface area contributed by atoms with Gasteiger partial charge in [0.2, 0.25) is 0 Å². The molecule has 5 aliphatic carbocycles. The Bertz CT molecular complexity index is 1000. The van der Waals surface area contributed by atoms with Crippen LogP contribution in [0.3, 0.4) is 0 Å². The highest BCUT2D eigenvalue weighted by Gasteiger charge is 2.70. The van der Waals surface area contributed by atoms with Crippen LogP contribution in [-0.4, -0.2) is 25.3 Å². The maximum Gasteiger partial charge on any atom is 0.161 e. The fourth-order valence-electron chi connectivity index (χ4n) is 11.9. The maximum atomic E-state index is 13.0. The lowest BCUT2D eigenvalue weighted by Gasteiger charge is -2.71. The molecule has 0 amide bonds. The van der Waals surface area contributed by atoms with Gasteiger partial charge in [-0.05, 0) is 135 Å². The molecule has 1 aliphatic heterocycles. The predicted molar refractivity (Wildman–Crippen MR) is 153 cm³/mol. The first-order chi connectivity index (χ1) is 17.9. The Balaban J connectivity index is 1.34. The number of hydrogen-bond donors (Lipinski definition) is 0. The molecule has 10 atom stereocenters. The zero-order chi connectivity index (χ0) is 27.1. The molecule has 1 saturated heterocycles. The maximum absolute atomic E-state index is 13.0. The molecule has 38 heavy (non-hydrogen) atoms. The summed E-state index contributed by atoms with van der Waals surface area (Å²) in [6.45, 7) is 20.9. The van der Waals surface area contributed by atoms with Gasteiger partial charge >= 0.3 is 0 Å². The Kier molecular flexibility index (Phi) is 6.48. The molecular formula is C35H54O3. The molecule has 0 aromatic carbocycles. The van der Waals surface area contributed by atoms with Crippen LogP contribution < -0.4 is 0 Å². The lowest BCUT2D eigenvalue weighted by Crippen LogP contribution is -2.65. The van der Waals surface area contributed by atoms with E-state index in [1.54, 1.807) is 0 Å². The Hall–Kier alpha value is -0.930. The van der Waals surface area contributed by atoms with Crippen LogP contribution >= 0.6 is 0 Å². The summed E-state index contributed by atoms with van der Waals surface area (Å²) in [6.07, 6.45) is 18.0. The smallest absolute Gasteiger partial charge is 0.161 e. The molecule has 6 aliphatic rings. The summed E-state index contributed by atoms with van der Waals surface area (Å²) in [5.41, 5.74) is 2.14. The Morgan fingerprint density at radius 1 is 0.947 bits per heavy atom. The van der Waals surface area contributed by atoms with Gasteiger partial charge in [0.15, 0.2) is 12.1 Å². The summed E-state index contributed by atoms with van der Waals surface area (Å²) >= 11 is 0. The number of fused-ring (bicyclic) bond motifs is 7. The minimum atomic E-state index is -0.251. The number of rotatable bonds is 4. The van der Waals surface area contributed by atoms with Crippen molar-refractivity contribution in [3.63, 3.8) is 0 Å². The summed E-state index contributed by atoms with van der Waals surface area (Å²) in [7, 11) is 0. The Morgan fingerprint density at radius 2 is 1.74 bits per heavy atom. The Labute approximate surface area is 232 Å². The molecule has 0 N–H and O–H groups in total. The van der Waals surface area contributed by atoms with Gasteiger partial charge in [-0.15, -0.1) is 0 Å². The van der Waals surface area contributed by atoms with E-state index in [1.807, 2.05) is 6.08 Å². The molecule has 0 aromatic rings. The van der Waals surface area contributed by atoms with Crippen LogP contribution in [-0.2, 0) is 14.3 Å². The van der Waals surface area contributed by atoms with Gasteiger partial charge in [-0.1, -0.05) is 52.8 Å². The van der Waals surface area contributed by atoms with E-state index < -0.39 is 0 Å². The largest absolute Gasteiger partial charge is 0.353 e. The second-order valence-corrected chi connectivity index (χ2v) is 15.9. The second-order valence-electron chi connectivity index (χ2n) is 15.9. The summed E-state index contributed by atoms with van der Waals surface area (Å²) in [5.74, 6) is 3.44. The topological polar surface area (TPSA) is 35.5 Å². The highest BCUT2D eigenvalue weighted by molar-refractivity contribution is 5.95. The van der Waals surface area contributed by atoms with E-state index in [1.165, 1.54) is 69.8 Å². The van der Waals surface area contributed by atoms with Crippen LogP contribution in [0.1, 0.15) is 112 Å². The molecule has 5 fully saturated rings. The highest BCUT2D eigenvalue weighted by atomic mass is 16.7. The number of carbonyl (C=O) groups excluding carboxylic acids is 1. The average molecular weight is 523 g/mol. The molecule has 212 valence electrons. The van der Waals surface area contributed by atoms with Gasteiger partial charge in [0.05, 0.1) is 6.61 Å². The molecule has 0 aromatic heterocycles. The van der Waals surface area contributed by atoms with Crippen molar-refractivity contribution >= 4 is 5.78 Å². The number of ether oxygens (including phenoxy) is 2. The molecule has 3 heteroatoms. The van der Waals surface area contributed by atoms with E-state index in [0.29, 0.717) is 40.3 Å². The van der Waals surface area contributed by atoms with E-state index in [4.69, 9.17) is 9.47 Å². The SMILES string of the molecule is C=C(C)C1CCC2(COC3CCCCO3)CCC3(C)C(CCC4C5(C)C=CC(=O)C(C)(C)C5CCC43C)C12. The summed E-state index contributed by atoms with van der Waals surface area (Å²) in [6, 6.07) is 0. The van der Waals surface area contributed by atoms with Crippen molar-refractivity contribution < 1.29 is 14.3 Å². The van der Waals surface area contributed by atoms with Crippen LogP contribution in [0.4, 0.5) is 0 Å². The number of hydrogen-bond acceptors (Lipinski definition) is 3. The zero-order valence-corrected chi connectivity index (χ0v) is 25.2. The highest BCUT2D eigenvalue weighted by Crippen LogP contribution is 2.76. The quantitative estimate of drug-likeness (QED) is 0.347. The fourth-order valence-corrected chi connectivity index (χ4v) is 11.9. The standard InChI is InChI=1S/C35H54O3/c1-23(2)24-13-18-35(22-38-29-10-8-9-21-37-29)20-19-33(6)25(30(24)35)11-12-27-32(5)16-15-28(36)31(3,4)26(32)14-17-34(27,33)7/h15-16,24-27,29-30H,1,8-14,17-22H2,2-7H3. The predicted octanol–water partition coefficient (Wildman–Crippen LogP) is 8.53. The second kappa shape index (κ2) is 9.04. The molecule has 0 spiro atoms. The molecular weight excluding hydrogens is 468 g/mol. The number of ketones is 1. The van der Waals surface area contributed by atoms with E-state index >= 15 is 0 Å². The Morgan fingerprint density at radius 3 is 2.45 bits per heavy atom. The van der Waals surface area contributed by atoms with E-state index in [0.717, 1.165) is 25.6 Å². The third kappa shape index (κ3) is 3.62. The van der Waals surface area contributed by atoms with Gasteiger partial charge in [0, 0.05) is 12.0 Å². The fraction of sp³-hybridized carbons (Fsp3) is 0.857. The molecule has 10 unspecified atom stereocenters. The minimum Gasteiger partial charge on any atom is -0.353 e. The van der Waals surface area contributed by atoms with Gasteiger partial charge in [-0.2, -0.15) is 0 Å². The molecule has 3 nitrogen and oxygen atoms in total. The van der Waals surface area contributed by atoms with Crippen LogP contribution in [0.5, 0.6) is 0 Å². The molecule has 0 radical (unpaired) electrons. The van der Waals surface area contributed by atoms with Crippen molar-refractivity contribution in [1.29, 1.82) is 0 Å². The van der Waals surface area contributed by atoms with Crippen molar-refractivity contribution in [2.24, 2.45) is 56.7 Å². The normalized spacial score (nSPS) is 51.5. The van der Waals surface area contributed by atoms with Crippen molar-refractivity contribution in [3.05, 3.63) is 24.3 Å². The first-order valence-corrected chi connectivity index (χ1v) is 16.0. The van der Waals surface area contributed by atoms with Gasteiger partial charge in [0.25, 0.3) is 0 Å². The van der Waals surface area contributed by atoms with Gasteiger partial charge in [-0.3, -0.25) is 4.79 Å². The number of allylic oxidation sites excluding steroid dienone is 3. The third-order valence-corrected chi connectivity index (χ3v) is 14.2. The molecule has 1 heterocycles. The average Bonchev–Trinajstić information content (AvgIpc) is 3.27. The van der Waals surface area contributed by atoms with Crippen LogP contribution in [0.15, 0.2) is 24.3 Å². The van der Waals surface area contributed by atoms with E-state index in [9.17, 15) is 4.79 Å². The van der Waals surface area contributed by atoms with Gasteiger partial charge < -0.3 is 9.47 Å². The van der Waals surface area contributed by atoms with E-state index in [-0.39, 0.29) is 22.5 Å². The zero-order valence-electron chi connectivity index (χ0n) is 25.2. The van der Waals surface area contributed by atoms with Crippen LogP contribution in [0.25, 0.3) is 0 Å². The third-order valence-electron chi connectivity index (χ3n) is 14.2. The summed E-state index contributed by atoms with van der Waals surface area (Å²) in [5, 5.41) is 0. The van der Waals surface area contributed by atoms with Crippen molar-refractivity contribution in [1.82, 2.24) is 0 Å². The molecule has 0 bridgehead atoms. The van der Waals surface area contributed by atoms with Gasteiger partial charge in [0.1, 0.15) is 0 Å². The van der Waals surface area contributed by atoms with Crippen molar-refractivity contribution in [2.75, 3.05) is 13.2 Å². The molecule has 4 saturated carbocycles. The first-order valence-electron chi connectivity index (χ1n) is 16.0. The van der Waals surface area contributed by atoms with Gasteiger partial charge in [-0.25, -0.2) is 0 Å². The van der Waals surface area contributed by atoms with E-state index in [2.05, 4.69) is 54.2 Å². The van der Waals surface area contributed by atoms with Crippen LogP contribution in [0.2, 0.25) is 0 Å². The lowest BCUT2D eigenvalue weighted by atomic mass is 9.33. The summed E-state index contributed by atoms with van der Waals surface area (Å²) in [4.78, 5) is 13.0.